The summed E-state index contributed by atoms with van der Waals surface area (Å²) in [6, 6.07) is 18.7. The Morgan fingerprint density at radius 2 is 1.77 bits per heavy atom. The molecule has 0 unspecified atom stereocenters. The van der Waals surface area contributed by atoms with Crippen molar-refractivity contribution in [1.29, 1.82) is 5.26 Å². The van der Waals surface area contributed by atoms with Gasteiger partial charge in [0.25, 0.3) is 0 Å². The minimum Gasteiger partial charge on any atom is -0.383 e. The summed E-state index contributed by atoms with van der Waals surface area (Å²) in [5.41, 5.74) is 5.27. The average molecular weight is 342 g/mol. The molecule has 4 aromatic rings. The van der Waals surface area contributed by atoms with Crippen molar-refractivity contribution < 1.29 is 0 Å². The monoisotopic (exact) mass is 342 g/mol. The maximum absolute atomic E-state index is 9.90. The maximum atomic E-state index is 9.90. The minimum atomic E-state index is 0.621. The van der Waals surface area contributed by atoms with Gasteiger partial charge in [0.1, 0.15) is 11.6 Å². The Labute approximate surface area is 153 Å². The van der Waals surface area contributed by atoms with E-state index in [4.69, 9.17) is 4.98 Å². The van der Waals surface area contributed by atoms with Gasteiger partial charge >= 0.3 is 0 Å². The number of hydrogen-bond donors (Lipinski definition) is 1. The smallest absolute Gasteiger partial charge is 0.158 e. The number of hydrogen-bond acceptors (Lipinski definition) is 3. The lowest BCUT2D eigenvalue weighted by atomic mass is 10.1. The molecule has 2 aromatic heterocycles. The summed E-state index contributed by atoms with van der Waals surface area (Å²) in [6.07, 6.45) is 4.78. The van der Waals surface area contributed by atoms with Gasteiger partial charge in [0.15, 0.2) is 5.65 Å². The number of rotatable bonds is 6. The van der Waals surface area contributed by atoms with Crippen molar-refractivity contribution >= 4 is 33.3 Å². The molecule has 0 aliphatic carbocycles. The number of para-hydroxylation sites is 3. The van der Waals surface area contributed by atoms with Gasteiger partial charge in [-0.05, 0) is 24.6 Å². The van der Waals surface area contributed by atoms with Crippen molar-refractivity contribution in [3.63, 3.8) is 0 Å². The standard InChI is InChI=1S/C22H22N4/c1-2-3-4-9-14-24-21-16-10-5-7-12-19(16)26-20-13-8-6-11-18(20)25-22(26)17(21)15-23/h5-8,10-13,24H,2-4,9,14H2,1H3. The molecule has 0 spiro atoms. The minimum absolute atomic E-state index is 0.621. The van der Waals surface area contributed by atoms with Crippen LogP contribution in [-0.2, 0) is 0 Å². The molecule has 0 radical (unpaired) electrons. The molecule has 130 valence electrons. The molecule has 0 saturated carbocycles. The van der Waals surface area contributed by atoms with Crippen molar-refractivity contribution in [2.45, 2.75) is 32.6 Å². The molecule has 0 aliphatic rings. The third-order valence-electron chi connectivity index (χ3n) is 4.89. The Morgan fingerprint density at radius 3 is 2.58 bits per heavy atom. The number of fused-ring (bicyclic) bond motifs is 5. The lowest BCUT2D eigenvalue weighted by Crippen LogP contribution is -2.06. The van der Waals surface area contributed by atoms with Crippen LogP contribution in [0.5, 0.6) is 0 Å². The molecular weight excluding hydrogens is 320 g/mol. The third kappa shape index (κ3) is 2.66. The maximum Gasteiger partial charge on any atom is 0.158 e. The summed E-state index contributed by atoms with van der Waals surface area (Å²) < 4.78 is 2.10. The quantitative estimate of drug-likeness (QED) is 0.470. The van der Waals surface area contributed by atoms with Crippen LogP contribution in [0.25, 0.3) is 27.6 Å². The van der Waals surface area contributed by atoms with E-state index >= 15 is 0 Å². The van der Waals surface area contributed by atoms with Gasteiger partial charge in [-0.3, -0.25) is 4.40 Å². The van der Waals surface area contributed by atoms with Crippen LogP contribution < -0.4 is 5.32 Å². The zero-order valence-corrected chi connectivity index (χ0v) is 15.0. The van der Waals surface area contributed by atoms with E-state index in [0.29, 0.717) is 5.56 Å². The molecule has 0 saturated heterocycles. The first-order chi connectivity index (χ1) is 12.8. The second kappa shape index (κ2) is 7.05. The Kier molecular flexibility index (Phi) is 4.45. The zero-order chi connectivity index (χ0) is 17.9. The molecule has 1 N–H and O–H groups in total. The van der Waals surface area contributed by atoms with Gasteiger partial charge in [-0.25, -0.2) is 4.98 Å². The van der Waals surface area contributed by atoms with Gasteiger partial charge in [0.2, 0.25) is 0 Å². The van der Waals surface area contributed by atoms with Gasteiger partial charge in [-0.15, -0.1) is 0 Å². The summed E-state index contributed by atoms with van der Waals surface area (Å²) >= 11 is 0. The molecule has 0 amide bonds. The second-order valence-electron chi connectivity index (χ2n) is 6.63. The lowest BCUT2D eigenvalue weighted by Gasteiger charge is -2.14. The first kappa shape index (κ1) is 16.4. The molecule has 4 rings (SSSR count). The van der Waals surface area contributed by atoms with Crippen LogP contribution >= 0.6 is 0 Å². The number of aromatic nitrogens is 2. The molecule has 26 heavy (non-hydrogen) atoms. The summed E-state index contributed by atoms with van der Waals surface area (Å²) in [5.74, 6) is 0. The Balaban J connectivity index is 1.92. The average Bonchev–Trinajstić information content (AvgIpc) is 3.07. The van der Waals surface area contributed by atoms with E-state index in [0.717, 1.165) is 46.2 Å². The van der Waals surface area contributed by atoms with Crippen molar-refractivity contribution in [3.05, 3.63) is 54.1 Å². The van der Waals surface area contributed by atoms with Gasteiger partial charge in [-0.1, -0.05) is 56.5 Å². The first-order valence-electron chi connectivity index (χ1n) is 9.31. The van der Waals surface area contributed by atoms with Gasteiger partial charge in [0, 0.05) is 11.9 Å². The molecule has 2 aromatic carbocycles. The van der Waals surface area contributed by atoms with Crippen molar-refractivity contribution in [1.82, 2.24) is 9.38 Å². The van der Waals surface area contributed by atoms with Gasteiger partial charge in [-0.2, -0.15) is 5.26 Å². The summed E-state index contributed by atoms with van der Waals surface area (Å²) in [4.78, 5) is 4.75. The predicted molar refractivity (Wildman–Crippen MR) is 108 cm³/mol. The van der Waals surface area contributed by atoms with Gasteiger partial charge < -0.3 is 5.32 Å². The molecule has 0 bridgehead atoms. The lowest BCUT2D eigenvalue weighted by molar-refractivity contribution is 0.685. The van der Waals surface area contributed by atoms with Crippen LogP contribution in [0.4, 0.5) is 5.69 Å². The molecule has 4 heteroatoms. The van der Waals surface area contributed by atoms with Crippen LogP contribution in [-0.4, -0.2) is 15.9 Å². The molecule has 4 nitrogen and oxygen atoms in total. The van der Waals surface area contributed by atoms with Crippen molar-refractivity contribution in [2.75, 3.05) is 11.9 Å². The first-order valence-corrected chi connectivity index (χ1v) is 9.31. The van der Waals surface area contributed by atoms with E-state index in [1.54, 1.807) is 0 Å². The number of nitrogens with zero attached hydrogens (tertiary/aromatic N) is 3. The molecular formula is C22H22N4. The highest BCUT2D eigenvalue weighted by Gasteiger charge is 2.17. The van der Waals surface area contributed by atoms with E-state index < -0.39 is 0 Å². The number of unbranched alkanes of at least 4 members (excludes halogenated alkanes) is 3. The fourth-order valence-electron chi connectivity index (χ4n) is 3.62. The third-order valence-corrected chi connectivity index (χ3v) is 4.89. The van der Waals surface area contributed by atoms with Crippen LogP contribution in [0.3, 0.4) is 0 Å². The topological polar surface area (TPSA) is 53.1 Å². The zero-order valence-electron chi connectivity index (χ0n) is 15.0. The number of imidazole rings is 1. The highest BCUT2D eigenvalue weighted by Crippen LogP contribution is 2.33. The second-order valence-corrected chi connectivity index (χ2v) is 6.63. The van der Waals surface area contributed by atoms with Crippen LogP contribution in [0.1, 0.15) is 38.2 Å². The summed E-state index contributed by atoms with van der Waals surface area (Å²) in [5, 5.41) is 14.5. The molecule has 0 atom stereocenters. The van der Waals surface area contributed by atoms with E-state index in [1.165, 1.54) is 19.3 Å². The number of nitriles is 1. The Hall–Kier alpha value is -3.06. The number of benzene rings is 2. The number of nitrogens with one attached hydrogen (secondary N) is 1. The van der Waals surface area contributed by atoms with Crippen molar-refractivity contribution in [2.24, 2.45) is 0 Å². The van der Waals surface area contributed by atoms with E-state index in [2.05, 4.69) is 40.9 Å². The van der Waals surface area contributed by atoms with E-state index in [-0.39, 0.29) is 0 Å². The fourth-order valence-corrected chi connectivity index (χ4v) is 3.62. The van der Waals surface area contributed by atoms with Crippen LogP contribution in [0, 0.1) is 11.3 Å². The molecule has 0 aliphatic heterocycles. The Morgan fingerprint density at radius 1 is 1.00 bits per heavy atom. The van der Waals surface area contributed by atoms with Crippen molar-refractivity contribution in [3.8, 4) is 6.07 Å². The largest absolute Gasteiger partial charge is 0.383 e. The summed E-state index contributed by atoms with van der Waals surface area (Å²) in [7, 11) is 0. The van der Waals surface area contributed by atoms with E-state index in [9.17, 15) is 5.26 Å². The normalized spacial score (nSPS) is 11.2. The summed E-state index contributed by atoms with van der Waals surface area (Å²) in [6.45, 7) is 3.08. The fraction of sp³-hybridized carbons (Fsp3) is 0.273. The van der Waals surface area contributed by atoms with E-state index in [1.807, 2.05) is 30.3 Å². The number of anilines is 1. The Bertz CT molecular complexity index is 1120. The SMILES string of the molecule is CCCCCCNc1c(C#N)c2nc3ccccc3n2c2ccccc12. The van der Waals surface area contributed by atoms with Gasteiger partial charge in [0.05, 0.1) is 22.2 Å². The highest BCUT2D eigenvalue weighted by atomic mass is 15.0. The van der Waals surface area contributed by atoms with Crippen LogP contribution in [0.2, 0.25) is 0 Å². The molecule has 2 heterocycles. The molecule has 0 fully saturated rings. The van der Waals surface area contributed by atoms with Crippen LogP contribution in [0.15, 0.2) is 48.5 Å². The number of pyridine rings is 1. The predicted octanol–water partition coefficient (Wildman–Crippen LogP) is 5.50. The highest BCUT2D eigenvalue weighted by molar-refractivity contribution is 6.02.